The summed E-state index contributed by atoms with van der Waals surface area (Å²) in [6.45, 7) is 3.16. The second kappa shape index (κ2) is 5.46. The number of alkyl halides is 3. The van der Waals surface area contributed by atoms with Crippen molar-refractivity contribution >= 4 is 5.91 Å². The highest BCUT2D eigenvalue weighted by atomic mass is 19.4. The zero-order valence-corrected chi connectivity index (χ0v) is 11.4. The van der Waals surface area contributed by atoms with Crippen molar-refractivity contribution in [3.63, 3.8) is 0 Å². The number of hydrogen-bond donors (Lipinski definition) is 1. The Morgan fingerprint density at radius 1 is 1.30 bits per heavy atom. The predicted molar refractivity (Wildman–Crippen MR) is 65.2 cm³/mol. The molecule has 4 nitrogen and oxygen atoms in total. The van der Waals surface area contributed by atoms with Crippen LogP contribution in [0.25, 0.3) is 0 Å². The quantitative estimate of drug-likeness (QED) is 0.910. The first-order valence-corrected chi connectivity index (χ1v) is 6.61. The fourth-order valence-electron chi connectivity index (χ4n) is 2.74. The van der Waals surface area contributed by atoms with E-state index >= 15 is 0 Å². The largest absolute Gasteiger partial charge is 0.393 e. The zero-order valence-electron chi connectivity index (χ0n) is 11.4. The standard InChI is InChI=1S/C13H17F3N2O2/c1-7-11(8(2)20-18-7)12(19)17-10-6-4-3-5-9(10)13(14,15)16/h9-10H,3-6H2,1-2H3,(H,17,19). The highest BCUT2D eigenvalue weighted by Gasteiger charge is 2.46. The number of amides is 1. The molecular formula is C13H17F3N2O2. The lowest BCUT2D eigenvalue weighted by molar-refractivity contribution is -0.187. The van der Waals surface area contributed by atoms with Crippen molar-refractivity contribution in [3.8, 4) is 0 Å². The molecule has 2 rings (SSSR count). The van der Waals surface area contributed by atoms with Crippen LogP contribution in [0.1, 0.15) is 47.5 Å². The Kier molecular flexibility index (Phi) is 4.06. The van der Waals surface area contributed by atoms with Gasteiger partial charge >= 0.3 is 6.18 Å². The molecule has 0 spiro atoms. The van der Waals surface area contributed by atoms with Crippen LogP contribution in [-0.4, -0.2) is 23.3 Å². The Hall–Kier alpha value is -1.53. The molecule has 1 amide bonds. The molecule has 1 fully saturated rings. The molecule has 0 saturated heterocycles. The van der Waals surface area contributed by atoms with Crippen LogP contribution in [0.15, 0.2) is 4.52 Å². The van der Waals surface area contributed by atoms with Crippen LogP contribution in [0.3, 0.4) is 0 Å². The van der Waals surface area contributed by atoms with Crippen molar-refractivity contribution in [1.29, 1.82) is 0 Å². The lowest BCUT2D eigenvalue weighted by atomic mass is 9.84. The third kappa shape index (κ3) is 2.96. The van der Waals surface area contributed by atoms with E-state index in [-0.39, 0.29) is 12.0 Å². The van der Waals surface area contributed by atoms with Gasteiger partial charge in [-0.3, -0.25) is 4.79 Å². The Bertz CT molecular complexity index is 477. The molecule has 20 heavy (non-hydrogen) atoms. The number of halogens is 3. The zero-order chi connectivity index (χ0) is 14.9. The summed E-state index contributed by atoms with van der Waals surface area (Å²) >= 11 is 0. The van der Waals surface area contributed by atoms with Crippen LogP contribution < -0.4 is 5.32 Å². The molecule has 0 aromatic carbocycles. The van der Waals surface area contributed by atoms with Gasteiger partial charge in [0.15, 0.2) is 0 Å². The van der Waals surface area contributed by atoms with Gasteiger partial charge in [0.05, 0.1) is 11.6 Å². The minimum Gasteiger partial charge on any atom is -0.361 e. The minimum absolute atomic E-state index is 0.0655. The summed E-state index contributed by atoms with van der Waals surface area (Å²) in [5, 5.41) is 6.14. The van der Waals surface area contributed by atoms with E-state index in [9.17, 15) is 18.0 Å². The monoisotopic (exact) mass is 290 g/mol. The molecule has 2 unspecified atom stereocenters. The predicted octanol–water partition coefficient (Wildman–Crippen LogP) is 3.14. The number of aryl methyl sites for hydroxylation is 2. The topological polar surface area (TPSA) is 55.1 Å². The summed E-state index contributed by atoms with van der Waals surface area (Å²) in [4.78, 5) is 12.1. The van der Waals surface area contributed by atoms with E-state index in [1.54, 1.807) is 13.8 Å². The summed E-state index contributed by atoms with van der Waals surface area (Å²) in [7, 11) is 0. The molecule has 1 N–H and O–H groups in total. The molecule has 1 aromatic heterocycles. The maximum atomic E-state index is 13.0. The number of hydrogen-bond acceptors (Lipinski definition) is 3. The summed E-state index contributed by atoms with van der Waals surface area (Å²) in [6.07, 6.45) is -2.63. The van der Waals surface area contributed by atoms with E-state index in [2.05, 4.69) is 10.5 Å². The van der Waals surface area contributed by atoms with Crippen LogP contribution in [0.5, 0.6) is 0 Å². The van der Waals surface area contributed by atoms with Gasteiger partial charge in [-0.2, -0.15) is 13.2 Å². The van der Waals surface area contributed by atoms with Crippen molar-refractivity contribution in [2.45, 2.75) is 51.7 Å². The molecule has 7 heteroatoms. The molecule has 0 radical (unpaired) electrons. The van der Waals surface area contributed by atoms with Crippen molar-refractivity contribution in [1.82, 2.24) is 10.5 Å². The van der Waals surface area contributed by atoms with Crippen molar-refractivity contribution in [2.24, 2.45) is 5.92 Å². The van der Waals surface area contributed by atoms with Crippen LogP contribution in [0.4, 0.5) is 13.2 Å². The Labute approximate surface area is 114 Å². The molecule has 1 aliphatic rings. The molecule has 112 valence electrons. The van der Waals surface area contributed by atoms with Crippen LogP contribution >= 0.6 is 0 Å². The van der Waals surface area contributed by atoms with E-state index in [1.165, 1.54) is 0 Å². The average molecular weight is 290 g/mol. The summed E-state index contributed by atoms with van der Waals surface area (Å²) in [5.41, 5.74) is 0.621. The van der Waals surface area contributed by atoms with E-state index < -0.39 is 24.0 Å². The maximum absolute atomic E-state index is 13.0. The Balaban J connectivity index is 2.13. The van der Waals surface area contributed by atoms with Crippen LogP contribution in [-0.2, 0) is 0 Å². The van der Waals surface area contributed by atoms with Gasteiger partial charge in [0.1, 0.15) is 11.3 Å². The van der Waals surface area contributed by atoms with Gasteiger partial charge in [-0.15, -0.1) is 0 Å². The first-order chi connectivity index (χ1) is 9.30. The number of carbonyl (C=O) groups is 1. The first-order valence-electron chi connectivity index (χ1n) is 6.61. The van der Waals surface area contributed by atoms with E-state index in [0.717, 1.165) is 0 Å². The molecule has 2 atom stereocenters. The number of aromatic nitrogens is 1. The summed E-state index contributed by atoms with van der Waals surface area (Å²) < 4.78 is 43.7. The molecule has 1 heterocycles. The fourth-order valence-corrected chi connectivity index (χ4v) is 2.74. The van der Waals surface area contributed by atoms with E-state index in [1.807, 2.05) is 0 Å². The molecule has 0 bridgehead atoms. The second-order valence-corrected chi connectivity index (χ2v) is 5.21. The molecular weight excluding hydrogens is 273 g/mol. The van der Waals surface area contributed by atoms with Gasteiger partial charge in [0.2, 0.25) is 0 Å². The van der Waals surface area contributed by atoms with Gasteiger partial charge < -0.3 is 9.84 Å². The SMILES string of the molecule is Cc1noc(C)c1C(=O)NC1CCCCC1C(F)(F)F. The molecule has 0 aliphatic heterocycles. The van der Waals surface area contributed by atoms with Gasteiger partial charge in [0.25, 0.3) is 5.91 Å². The fraction of sp³-hybridized carbons (Fsp3) is 0.692. The van der Waals surface area contributed by atoms with Gasteiger partial charge in [-0.05, 0) is 26.7 Å². The van der Waals surface area contributed by atoms with E-state index in [4.69, 9.17) is 4.52 Å². The number of nitrogens with zero attached hydrogens (tertiary/aromatic N) is 1. The summed E-state index contributed by atoms with van der Waals surface area (Å²) in [5.74, 6) is -1.69. The van der Waals surface area contributed by atoms with Gasteiger partial charge in [0, 0.05) is 6.04 Å². The molecule has 1 aromatic rings. The van der Waals surface area contributed by atoms with Crippen LogP contribution in [0.2, 0.25) is 0 Å². The number of nitrogens with one attached hydrogen (secondary N) is 1. The smallest absolute Gasteiger partial charge is 0.361 e. The maximum Gasteiger partial charge on any atom is 0.393 e. The Morgan fingerprint density at radius 2 is 1.95 bits per heavy atom. The minimum atomic E-state index is -4.28. The highest BCUT2D eigenvalue weighted by Crippen LogP contribution is 2.37. The molecule has 1 aliphatic carbocycles. The second-order valence-electron chi connectivity index (χ2n) is 5.21. The average Bonchev–Trinajstić information content (AvgIpc) is 2.68. The normalized spacial score (nSPS) is 23.6. The third-order valence-electron chi connectivity index (χ3n) is 3.76. The molecule has 1 saturated carbocycles. The van der Waals surface area contributed by atoms with Gasteiger partial charge in [-0.25, -0.2) is 0 Å². The Morgan fingerprint density at radius 3 is 2.50 bits per heavy atom. The summed E-state index contributed by atoms with van der Waals surface area (Å²) in [6, 6.07) is -0.870. The number of rotatable bonds is 2. The number of carbonyl (C=O) groups excluding carboxylic acids is 1. The first kappa shape index (κ1) is 14.9. The third-order valence-corrected chi connectivity index (χ3v) is 3.76. The van der Waals surface area contributed by atoms with E-state index in [0.29, 0.717) is 30.7 Å². The van der Waals surface area contributed by atoms with Crippen molar-refractivity contribution in [3.05, 3.63) is 17.0 Å². The lowest BCUT2D eigenvalue weighted by Crippen LogP contribution is -2.47. The van der Waals surface area contributed by atoms with Gasteiger partial charge in [-0.1, -0.05) is 18.0 Å². The van der Waals surface area contributed by atoms with Crippen molar-refractivity contribution < 1.29 is 22.5 Å². The van der Waals surface area contributed by atoms with Crippen molar-refractivity contribution in [2.75, 3.05) is 0 Å². The highest BCUT2D eigenvalue weighted by molar-refractivity contribution is 5.96. The lowest BCUT2D eigenvalue weighted by Gasteiger charge is -2.33. The van der Waals surface area contributed by atoms with Crippen LogP contribution in [0, 0.1) is 19.8 Å².